The van der Waals surface area contributed by atoms with Gasteiger partial charge < -0.3 is 24.4 Å². The van der Waals surface area contributed by atoms with Crippen molar-refractivity contribution in [3.05, 3.63) is 52.9 Å². The van der Waals surface area contributed by atoms with E-state index in [4.69, 9.17) is 14.2 Å². The summed E-state index contributed by atoms with van der Waals surface area (Å²) >= 11 is 1.56. The molecule has 7 heteroatoms. The minimum Gasteiger partial charge on any atom is -0.493 e. The number of thioether (sulfide) groups is 1. The first kappa shape index (κ1) is 23.4. The number of benzene rings is 2. The third-order valence-corrected chi connectivity index (χ3v) is 7.52. The average Bonchev–Trinajstić information content (AvgIpc) is 3.13. The molecule has 0 bridgehead atoms. The molecule has 1 N–H and O–H groups in total. The van der Waals surface area contributed by atoms with Gasteiger partial charge >= 0.3 is 0 Å². The second-order valence-corrected chi connectivity index (χ2v) is 9.61. The van der Waals surface area contributed by atoms with Crippen LogP contribution in [0.5, 0.6) is 17.2 Å². The highest BCUT2D eigenvalue weighted by molar-refractivity contribution is 8.05. The minimum atomic E-state index is -0.154. The maximum Gasteiger partial charge on any atom is 0.262 e. The van der Waals surface area contributed by atoms with E-state index in [1.54, 1.807) is 33.1 Å². The average molecular weight is 469 g/mol. The smallest absolute Gasteiger partial charge is 0.262 e. The first-order valence-electron chi connectivity index (χ1n) is 11.4. The van der Waals surface area contributed by atoms with Gasteiger partial charge in [0.2, 0.25) is 5.75 Å². The van der Waals surface area contributed by atoms with Crippen molar-refractivity contribution in [3.8, 4) is 17.2 Å². The lowest BCUT2D eigenvalue weighted by Crippen LogP contribution is -2.48. The highest BCUT2D eigenvalue weighted by Gasteiger charge is 2.42. The summed E-state index contributed by atoms with van der Waals surface area (Å²) in [4.78, 5) is 16.5. The standard InChI is InChI=1S/C26H32N2O4S/c1-17-10-8-9-13-20(17)28-25(29)23(33-26(28)27-19-11-6-5-7-12-19)16-18-14-21(30-2)24(32-4)22(15-18)31-3/h5-7,11-12,14-17,20,26-27H,8-10,13H2,1-4H3/b23-16-/t17-,20-,26?/m1/s1. The predicted octanol–water partition coefficient (Wildman–Crippen LogP) is 5.60. The number of amides is 1. The summed E-state index contributed by atoms with van der Waals surface area (Å²) in [5.74, 6) is 2.21. The van der Waals surface area contributed by atoms with Gasteiger partial charge in [-0.25, -0.2) is 0 Å². The molecule has 3 atom stereocenters. The quantitative estimate of drug-likeness (QED) is 0.534. The van der Waals surface area contributed by atoms with Crippen LogP contribution in [0.2, 0.25) is 0 Å². The number of methoxy groups -OCH3 is 3. The van der Waals surface area contributed by atoms with Crippen LogP contribution in [0.3, 0.4) is 0 Å². The lowest BCUT2D eigenvalue weighted by atomic mass is 9.85. The van der Waals surface area contributed by atoms with E-state index in [1.165, 1.54) is 6.42 Å². The van der Waals surface area contributed by atoms with Gasteiger partial charge in [0, 0.05) is 11.7 Å². The lowest BCUT2D eigenvalue weighted by molar-refractivity contribution is -0.129. The summed E-state index contributed by atoms with van der Waals surface area (Å²) in [6.45, 7) is 2.27. The summed E-state index contributed by atoms with van der Waals surface area (Å²) in [5.41, 5.74) is 1.68. The number of carbonyl (C=O) groups is 1. The highest BCUT2D eigenvalue weighted by atomic mass is 32.2. The van der Waals surface area contributed by atoms with E-state index in [0.29, 0.717) is 28.1 Å². The second kappa shape index (κ2) is 10.4. The Morgan fingerprint density at radius 1 is 1.00 bits per heavy atom. The summed E-state index contributed by atoms with van der Waals surface area (Å²) in [5, 5.41) is 3.58. The van der Waals surface area contributed by atoms with Crippen molar-refractivity contribution in [2.24, 2.45) is 5.92 Å². The third kappa shape index (κ3) is 4.93. The fraction of sp³-hybridized carbons (Fsp3) is 0.423. The van der Waals surface area contributed by atoms with Crippen molar-refractivity contribution < 1.29 is 19.0 Å². The van der Waals surface area contributed by atoms with Gasteiger partial charge in [-0.1, -0.05) is 49.7 Å². The van der Waals surface area contributed by atoms with Crippen LogP contribution < -0.4 is 19.5 Å². The van der Waals surface area contributed by atoms with E-state index >= 15 is 0 Å². The molecule has 0 spiro atoms. The van der Waals surface area contributed by atoms with Gasteiger partial charge in [0.05, 0.1) is 26.2 Å². The van der Waals surface area contributed by atoms with E-state index < -0.39 is 0 Å². The van der Waals surface area contributed by atoms with Crippen LogP contribution in [0.15, 0.2) is 47.4 Å². The highest BCUT2D eigenvalue weighted by Crippen LogP contribution is 2.44. The van der Waals surface area contributed by atoms with E-state index in [1.807, 2.05) is 48.5 Å². The Bertz CT molecular complexity index is 986. The Kier molecular flexibility index (Phi) is 7.38. The molecule has 1 aliphatic carbocycles. The topological polar surface area (TPSA) is 60.0 Å². The van der Waals surface area contributed by atoms with E-state index in [0.717, 1.165) is 30.5 Å². The third-order valence-electron chi connectivity index (χ3n) is 6.41. The zero-order valence-electron chi connectivity index (χ0n) is 19.7. The van der Waals surface area contributed by atoms with Gasteiger partial charge in [-0.3, -0.25) is 4.79 Å². The summed E-state index contributed by atoms with van der Waals surface area (Å²) < 4.78 is 16.4. The molecule has 2 aromatic carbocycles. The molecule has 176 valence electrons. The number of nitrogens with one attached hydrogen (secondary N) is 1. The molecule has 0 aromatic heterocycles. The Morgan fingerprint density at radius 2 is 1.67 bits per heavy atom. The van der Waals surface area contributed by atoms with Crippen LogP contribution in [0.25, 0.3) is 6.08 Å². The van der Waals surface area contributed by atoms with Crippen molar-refractivity contribution >= 4 is 29.4 Å². The number of para-hydroxylation sites is 1. The fourth-order valence-corrected chi connectivity index (χ4v) is 5.91. The molecule has 6 nitrogen and oxygen atoms in total. The first-order chi connectivity index (χ1) is 16.0. The van der Waals surface area contributed by atoms with Crippen LogP contribution in [-0.4, -0.2) is 43.7 Å². The Labute approximate surface area is 200 Å². The van der Waals surface area contributed by atoms with Crippen molar-refractivity contribution in [1.82, 2.24) is 4.90 Å². The Hall–Kier alpha value is -2.80. The van der Waals surface area contributed by atoms with E-state index in [2.05, 4.69) is 17.1 Å². The molecule has 1 saturated heterocycles. The molecule has 4 rings (SSSR count). The van der Waals surface area contributed by atoms with Crippen LogP contribution in [0.1, 0.15) is 38.2 Å². The predicted molar refractivity (Wildman–Crippen MR) is 134 cm³/mol. The zero-order chi connectivity index (χ0) is 23.4. The lowest BCUT2D eigenvalue weighted by Gasteiger charge is -2.39. The number of hydrogen-bond donors (Lipinski definition) is 1. The van der Waals surface area contributed by atoms with Crippen LogP contribution in [0, 0.1) is 5.92 Å². The second-order valence-electron chi connectivity index (χ2n) is 8.49. The van der Waals surface area contributed by atoms with Crippen LogP contribution in [0.4, 0.5) is 5.69 Å². The fourth-order valence-electron chi connectivity index (χ4n) is 4.70. The molecule has 2 aliphatic rings. The molecular weight excluding hydrogens is 436 g/mol. The number of hydrogen-bond acceptors (Lipinski definition) is 6. The zero-order valence-corrected chi connectivity index (χ0v) is 20.5. The molecule has 33 heavy (non-hydrogen) atoms. The number of rotatable bonds is 7. The van der Waals surface area contributed by atoms with Gasteiger partial charge in [-0.05, 0) is 54.7 Å². The van der Waals surface area contributed by atoms with Gasteiger partial charge in [0.15, 0.2) is 17.0 Å². The monoisotopic (exact) mass is 468 g/mol. The minimum absolute atomic E-state index is 0.0703. The molecule has 1 unspecified atom stereocenters. The molecule has 0 radical (unpaired) electrons. The molecule has 2 aromatic rings. The van der Waals surface area contributed by atoms with Crippen molar-refractivity contribution in [3.63, 3.8) is 0 Å². The van der Waals surface area contributed by atoms with Crippen molar-refractivity contribution in [2.75, 3.05) is 26.6 Å². The van der Waals surface area contributed by atoms with Gasteiger partial charge in [-0.2, -0.15) is 0 Å². The maximum atomic E-state index is 13.7. The Balaban J connectivity index is 1.69. The maximum absolute atomic E-state index is 13.7. The summed E-state index contributed by atoms with van der Waals surface area (Å²) in [6.07, 6.45) is 6.51. The van der Waals surface area contributed by atoms with Crippen molar-refractivity contribution in [2.45, 2.75) is 44.1 Å². The molecule has 1 amide bonds. The summed E-state index contributed by atoms with van der Waals surface area (Å²) in [6, 6.07) is 14.0. The number of ether oxygens (including phenoxy) is 3. The van der Waals surface area contributed by atoms with Gasteiger partial charge in [-0.15, -0.1) is 0 Å². The largest absolute Gasteiger partial charge is 0.493 e. The van der Waals surface area contributed by atoms with E-state index in [-0.39, 0.29) is 17.4 Å². The number of carbonyl (C=O) groups excluding carboxylic acids is 1. The number of anilines is 1. The van der Waals surface area contributed by atoms with Gasteiger partial charge in [0.1, 0.15) is 0 Å². The first-order valence-corrected chi connectivity index (χ1v) is 12.3. The van der Waals surface area contributed by atoms with Crippen molar-refractivity contribution in [1.29, 1.82) is 0 Å². The normalized spacial score (nSPS) is 24.1. The van der Waals surface area contributed by atoms with Crippen LogP contribution in [-0.2, 0) is 4.79 Å². The SMILES string of the molecule is COc1cc(/C=C2\SC(Nc3ccccc3)N([C@@H]3CCCC[C@H]3C)C2=O)cc(OC)c1OC. The van der Waals surface area contributed by atoms with Crippen LogP contribution >= 0.6 is 11.8 Å². The molecule has 1 saturated carbocycles. The van der Waals surface area contributed by atoms with Gasteiger partial charge in [0.25, 0.3) is 5.91 Å². The molecule has 1 heterocycles. The number of nitrogens with zero attached hydrogens (tertiary/aromatic N) is 1. The summed E-state index contributed by atoms with van der Waals surface area (Å²) in [7, 11) is 4.77. The molecule has 1 aliphatic heterocycles. The molecular formula is C26H32N2O4S. The van der Waals surface area contributed by atoms with E-state index in [9.17, 15) is 4.79 Å². The Morgan fingerprint density at radius 3 is 2.27 bits per heavy atom. The molecule has 2 fully saturated rings.